The van der Waals surface area contributed by atoms with Crippen LogP contribution in [0.2, 0.25) is 0 Å². The summed E-state index contributed by atoms with van der Waals surface area (Å²) in [4.78, 5) is 13.4. The second kappa shape index (κ2) is 6.08. The molecule has 0 aliphatic heterocycles. The molecule has 0 bridgehead atoms. The predicted octanol–water partition coefficient (Wildman–Crippen LogP) is 0.428. The molecule has 3 N–H and O–H groups in total. The molecule has 0 aromatic carbocycles. The Hall–Kier alpha value is -0.610. The van der Waals surface area contributed by atoms with Crippen molar-refractivity contribution in [3.8, 4) is 0 Å². The van der Waals surface area contributed by atoms with Crippen molar-refractivity contribution >= 4 is 5.91 Å². The lowest BCUT2D eigenvalue weighted by Gasteiger charge is -2.32. The van der Waals surface area contributed by atoms with Crippen LogP contribution in [0.5, 0.6) is 0 Å². The number of nitrogens with one attached hydrogen (secondary N) is 1. The fourth-order valence-corrected chi connectivity index (χ4v) is 1.61. The van der Waals surface area contributed by atoms with Gasteiger partial charge in [0.2, 0.25) is 5.91 Å². The summed E-state index contributed by atoms with van der Waals surface area (Å²) in [6.07, 6.45) is 0.472. The molecule has 0 aliphatic carbocycles. The maximum Gasteiger partial charge on any atom is 0.221 e. The van der Waals surface area contributed by atoms with Crippen LogP contribution in [-0.4, -0.2) is 44.0 Å². The molecule has 0 aliphatic rings. The highest BCUT2D eigenvalue weighted by Gasteiger charge is 2.21. The number of nitrogens with zero attached hydrogens (tertiary/aromatic N) is 1. The van der Waals surface area contributed by atoms with Gasteiger partial charge in [-0.3, -0.25) is 4.79 Å². The highest BCUT2D eigenvalue weighted by atomic mass is 16.1. The molecule has 0 fully saturated rings. The summed E-state index contributed by atoms with van der Waals surface area (Å²) in [5.41, 5.74) is 5.90. The molecule has 0 saturated carbocycles. The Morgan fingerprint density at radius 2 is 2.00 bits per heavy atom. The largest absolute Gasteiger partial charge is 0.359 e. The first-order valence-corrected chi connectivity index (χ1v) is 5.41. The van der Waals surface area contributed by atoms with Gasteiger partial charge in [-0.05, 0) is 12.5 Å². The van der Waals surface area contributed by atoms with Gasteiger partial charge in [0, 0.05) is 32.6 Å². The van der Waals surface area contributed by atoms with Gasteiger partial charge in [0.15, 0.2) is 0 Å². The number of carbonyl (C=O) groups is 1. The Morgan fingerprint density at radius 1 is 1.47 bits per heavy atom. The second-order valence-corrected chi connectivity index (χ2v) is 5.24. The lowest BCUT2D eigenvalue weighted by molar-refractivity contribution is -0.121. The Morgan fingerprint density at radius 3 is 2.33 bits per heavy atom. The molecule has 0 heterocycles. The highest BCUT2D eigenvalue weighted by molar-refractivity contribution is 5.76. The fraction of sp³-hybridized carbons (Fsp3) is 0.909. The van der Waals surface area contributed by atoms with Gasteiger partial charge in [-0.2, -0.15) is 0 Å². The van der Waals surface area contributed by atoms with E-state index in [0.717, 1.165) is 6.54 Å². The summed E-state index contributed by atoms with van der Waals surface area (Å²) in [6.45, 7) is 7.98. The molecule has 0 saturated heterocycles. The number of hydrogen-bond acceptors (Lipinski definition) is 3. The summed E-state index contributed by atoms with van der Waals surface area (Å²) < 4.78 is 0. The summed E-state index contributed by atoms with van der Waals surface area (Å²) >= 11 is 0. The zero-order chi connectivity index (χ0) is 12.1. The average Bonchev–Trinajstić information content (AvgIpc) is 2.10. The molecule has 1 amide bonds. The molecule has 0 aromatic rings. The van der Waals surface area contributed by atoms with Crippen molar-refractivity contribution in [3.63, 3.8) is 0 Å². The van der Waals surface area contributed by atoms with Crippen LogP contribution in [0, 0.1) is 5.41 Å². The summed E-state index contributed by atoms with van der Waals surface area (Å²) in [7, 11) is 3.67. The van der Waals surface area contributed by atoms with Crippen molar-refractivity contribution in [2.75, 3.05) is 27.2 Å². The molecular formula is C11H25N3O. The van der Waals surface area contributed by atoms with Gasteiger partial charge in [0.25, 0.3) is 0 Å². The van der Waals surface area contributed by atoms with Crippen molar-refractivity contribution in [3.05, 3.63) is 0 Å². The van der Waals surface area contributed by atoms with Gasteiger partial charge in [0.1, 0.15) is 0 Å². The normalized spacial score (nSPS) is 14.1. The first kappa shape index (κ1) is 14.4. The first-order valence-electron chi connectivity index (χ1n) is 5.41. The molecule has 0 spiro atoms. The Balaban J connectivity index is 4.22. The van der Waals surface area contributed by atoms with E-state index in [2.05, 4.69) is 31.0 Å². The van der Waals surface area contributed by atoms with Gasteiger partial charge < -0.3 is 16.0 Å². The molecule has 1 atom stereocenters. The molecule has 1 unspecified atom stereocenters. The minimum absolute atomic E-state index is 0.0474. The summed E-state index contributed by atoms with van der Waals surface area (Å²) in [6, 6.07) is 0.129. The van der Waals surface area contributed by atoms with E-state index in [-0.39, 0.29) is 17.4 Å². The number of amides is 1. The monoisotopic (exact) mass is 215 g/mol. The highest BCUT2D eigenvalue weighted by Crippen LogP contribution is 2.16. The van der Waals surface area contributed by atoms with Gasteiger partial charge in [-0.1, -0.05) is 20.8 Å². The minimum atomic E-state index is 0.0474. The number of hydrogen-bond donors (Lipinski definition) is 2. The quantitative estimate of drug-likeness (QED) is 0.699. The standard InChI is InChI=1S/C11H25N3O/c1-11(2,3)8-14(5)9(7-12)6-10(15)13-4/h9H,6-8,12H2,1-5H3,(H,13,15). The van der Waals surface area contributed by atoms with E-state index >= 15 is 0 Å². The average molecular weight is 215 g/mol. The maximum absolute atomic E-state index is 11.3. The molecule has 4 nitrogen and oxygen atoms in total. The minimum Gasteiger partial charge on any atom is -0.359 e. The smallest absolute Gasteiger partial charge is 0.221 e. The molecular weight excluding hydrogens is 190 g/mol. The third-order valence-corrected chi connectivity index (χ3v) is 2.32. The van der Waals surface area contributed by atoms with Crippen LogP contribution < -0.4 is 11.1 Å². The molecule has 0 rings (SSSR count). The third-order valence-electron chi connectivity index (χ3n) is 2.32. The number of likely N-dealkylation sites (N-methyl/N-ethyl adjacent to an activating group) is 1. The number of carbonyl (C=O) groups excluding carboxylic acids is 1. The van der Waals surface area contributed by atoms with Crippen LogP contribution in [0.1, 0.15) is 27.2 Å². The first-order chi connectivity index (χ1) is 6.80. The van der Waals surface area contributed by atoms with E-state index < -0.39 is 0 Å². The lowest BCUT2D eigenvalue weighted by Crippen LogP contribution is -2.44. The zero-order valence-corrected chi connectivity index (χ0v) is 10.6. The third kappa shape index (κ3) is 6.47. The van der Waals surface area contributed by atoms with Gasteiger partial charge in [-0.15, -0.1) is 0 Å². The topological polar surface area (TPSA) is 58.4 Å². The predicted molar refractivity (Wildman–Crippen MR) is 63.6 cm³/mol. The van der Waals surface area contributed by atoms with Crippen LogP contribution in [0.4, 0.5) is 0 Å². The maximum atomic E-state index is 11.3. The summed E-state index contributed by atoms with van der Waals surface area (Å²) in [5.74, 6) is 0.0474. The van der Waals surface area contributed by atoms with Gasteiger partial charge >= 0.3 is 0 Å². The van der Waals surface area contributed by atoms with Crippen molar-refractivity contribution in [2.24, 2.45) is 11.1 Å². The van der Waals surface area contributed by atoms with Gasteiger partial charge in [0.05, 0.1) is 0 Å². The van der Waals surface area contributed by atoms with Crippen LogP contribution in [-0.2, 0) is 4.79 Å². The summed E-state index contributed by atoms with van der Waals surface area (Å²) in [5, 5.41) is 2.63. The van der Waals surface area contributed by atoms with Gasteiger partial charge in [-0.25, -0.2) is 0 Å². The zero-order valence-electron chi connectivity index (χ0n) is 10.6. The van der Waals surface area contributed by atoms with E-state index in [1.54, 1.807) is 7.05 Å². The van der Waals surface area contributed by atoms with Crippen LogP contribution in [0.25, 0.3) is 0 Å². The van der Waals surface area contributed by atoms with E-state index in [0.29, 0.717) is 13.0 Å². The van der Waals surface area contributed by atoms with Crippen molar-refractivity contribution in [2.45, 2.75) is 33.2 Å². The molecule has 0 aromatic heterocycles. The van der Waals surface area contributed by atoms with Crippen molar-refractivity contribution < 1.29 is 4.79 Å². The van der Waals surface area contributed by atoms with Crippen LogP contribution in [0.15, 0.2) is 0 Å². The van der Waals surface area contributed by atoms with E-state index in [1.807, 2.05) is 7.05 Å². The Labute approximate surface area is 93.2 Å². The second-order valence-electron chi connectivity index (χ2n) is 5.24. The van der Waals surface area contributed by atoms with E-state index in [4.69, 9.17) is 5.73 Å². The van der Waals surface area contributed by atoms with E-state index in [1.165, 1.54) is 0 Å². The Kier molecular flexibility index (Phi) is 5.83. The molecule has 4 heteroatoms. The molecule has 0 radical (unpaired) electrons. The molecule has 15 heavy (non-hydrogen) atoms. The van der Waals surface area contributed by atoms with Crippen molar-refractivity contribution in [1.82, 2.24) is 10.2 Å². The SMILES string of the molecule is CNC(=O)CC(CN)N(C)CC(C)(C)C. The van der Waals surface area contributed by atoms with Crippen LogP contribution in [0.3, 0.4) is 0 Å². The lowest BCUT2D eigenvalue weighted by atomic mass is 9.95. The number of rotatable bonds is 5. The molecule has 90 valence electrons. The fourth-order valence-electron chi connectivity index (χ4n) is 1.61. The Bertz CT molecular complexity index is 198. The van der Waals surface area contributed by atoms with Crippen LogP contribution >= 0.6 is 0 Å². The number of nitrogens with two attached hydrogens (primary N) is 1. The van der Waals surface area contributed by atoms with E-state index in [9.17, 15) is 4.79 Å². The van der Waals surface area contributed by atoms with Crippen molar-refractivity contribution in [1.29, 1.82) is 0 Å².